The normalized spacial score (nSPS) is 16.2. The maximum Gasteiger partial charge on any atom is 0.336 e. The smallest absolute Gasteiger partial charge is 0.336 e. The lowest BCUT2D eigenvalue weighted by Gasteiger charge is -2.31. The highest BCUT2D eigenvalue weighted by Gasteiger charge is 2.40. The number of esters is 3. The zero-order valence-corrected chi connectivity index (χ0v) is 25.5. The van der Waals surface area contributed by atoms with Crippen molar-refractivity contribution < 1.29 is 38.1 Å². The van der Waals surface area contributed by atoms with Gasteiger partial charge in [0.2, 0.25) is 0 Å². The number of para-hydroxylation sites is 1. The highest BCUT2D eigenvalue weighted by atomic mass is 16.5. The van der Waals surface area contributed by atoms with Gasteiger partial charge in [-0.15, -0.1) is 0 Å². The predicted octanol–water partition coefficient (Wildman–Crippen LogP) is 3.71. The number of likely N-dealkylation sites (tertiary alicyclic amines) is 1. The van der Waals surface area contributed by atoms with E-state index < -0.39 is 17.9 Å². The van der Waals surface area contributed by atoms with Gasteiger partial charge in [-0.1, -0.05) is 24.0 Å². The second kappa shape index (κ2) is 15.9. The summed E-state index contributed by atoms with van der Waals surface area (Å²) in [6.07, 6.45) is 1.51. The maximum atomic E-state index is 13.2. The molecule has 0 saturated carbocycles. The molecule has 0 aromatic heterocycles. The molecule has 0 amide bonds. The van der Waals surface area contributed by atoms with Crippen molar-refractivity contribution in [2.75, 3.05) is 53.2 Å². The molecule has 10 nitrogen and oxygen atoms in total. The summed E-state index contributed by atoms with van der Waals surface area (Å²) in [5, 5.41) is 3.14. The summed E-state index contributed by atoms with van der Waals surface area (Å²) < 4.78 is 27.7. The zero-order valence-electron chi connectivity index (χ0n) is 25.5. The number of allylic oxidation sites excluding steroid dienone is 2. The molecule has 228 valence electrons. The van der Waals surface area contributed by atoms with Crippen LogP contribution in [0.3, 0.4) is 0 Å². The number of methoxy groups -OCH3 is 1. The first kappa shape index (κ1) is 32.5. The van der Waals surface area contributed by atoms with Crippen LogP contribution in [0.1, 0.15) is 58.9 Å². The van der Waals surface area contributed by atoms with Gasteiger partial charge in [-0.2, -0.15) is 0 Å². The van der Waals surface area contributed by atoms with Gasteiger partial charge in [-0.25, -0.2) is 9.59 Å². The molecule has 10 heteroatoms. The van der Waals surface area contributed by atoms with Crippen LogP contribution in [0.4, 0.5) is 0 Å². The summed E-state index contributed by atoms with van der Waals surface area (Å²) in [6.45, 7) is 11.7. The van der Waals surface area contributed by atoms with Gasteiger partial charge in [0, 0.05) is 17.0 Å². The van der Waals surface area contributed by atoms with E-state index in [-0.39, 0.29) is 31.7 Å². The minimum Gasteiger partial charge on any atom is -0.493 e. The van der Waals surface area contributed by atoms with Gasteiger partial charge in [0.25, 0.3) is 0 Å². The van der Waals surface area contributed by atoms with Gasteiger partial charge in [0.05, 0.1) is 56.5 Å². The topological polar surface area (TPSA) is 113 Å². The van der Waals surface area contributed by atoms with Gasteiger partial charge in [-0.3, -0.25) is 9.69 Å². The third-order valence-corrected chi connectivity index (χ3v) is 7.22. The van der Waals surface area contributed by atoms with E-state index >= 15 is 0 Å². The second-order valence-electron chi connectivity index (χ2n) is 9.90. The number of nitrogens with zero attached hydrogens (tertiary/aromatic N) is 1. The molecule has 0 bridgehead atoms. The number of nitrogens with one attached hydrogen (secondary N) is 1. The largest absolute Gasteiger partial charge is 0.493 e. The van der Waals surface area contributed by atoms with Crippen LogP contribution in [-0.2, 0) is 28.6 Å². The third kappa shape index (κ3) is 7.85. The highest BCUT2D eigenvalue weighted by molar-refractivity contribution is 6.00. The quantitative estimate of drug-likeness (QED) is 0.235. The minimum atomic E-state index is -0.817. The van der Waals surface area contributed by atoms with Crippen molar-refractivity contribution in [3.05, 3.63) is 46.3 Å². The van der Waals surface area contributed by atoms with Crippen molar-refractivity contribution in [1.82, 2.24) is 10.2 Å². The number of piperidine rings is 1. The Balaban J connectivity index is 1.85. The van der Waals surface area contributed by atoms with E-state index in [0.717, 1.165) is 25.9 Å². The molecule has 1 aromatic rings. The van der Waals surface area contributed by atoms with Crippen molar-refractivity contribution in [3.8, 4) is 23.3 Å². The van der Waals surface area contributed by atoms with E-state index in [1.165, 1.54) is 7.11 Å². The van der Waals surface area contributed by atoms with Crippen molar-refractivity contribution in [2.24, 2.45) is 5.92 Å². The van der Waals surface area contributed by atoms with E-state index in [1.54, 1.807) is 45.9 Å². The number of dihydropyridines is 1. The van der Waals surface area contributed by atoms with Gasteiger partial charge in [0.15, 0.2) is 11.5 Å². The molecule has 0 spiro atoms. The van der Waals surface area contributed by atoms with Crippen LogP contribution >= 0.6 is 0 Å². The minimum absolute atomic E-state index is 0.0502. The van der Waals surface area contributed by atoms with Crippen LogP contribution in [-0.4, -0.2) is 76.0 Å². The summed E-state index contributed by atoms with van der Waals surface area (Å²) in [5.41, 5.74) is 2.29. The summed E-state index contributed by atoms with van der Waals surface area (Å²) in [4.78, 5) is 40.6. The van der Waals surface area contributed by atoms with E-state index in [0.29, 0.717) is 52.8 Å². The first-order valence-electron chi connectivity index (χ1n) is 14.4. The SMILES string of the molecule is CCOC(=O)C1=C(C)NC(C)=C(C(=O)OCC)C1c1cccc(OC)c1OCC#CCN1CCC(C(=O)OCC)CC1. The zero-order chi connectivity index (χ0) is 30.6. The maximum absolute atomic E-state index is 13.2. The Morgan fingerprint density at radius 2 is 1.50 bits per heavy atom. The fraction of sp³-hybridized carbons (Fsp3) is 0.531. The fourth-order valence-electron chi connectivity index (χ4n) is 5.25. The number of carbonyl (C=O) groups excluding carboxylic acids is 3. The summed E-state index contributed by atoms with van der Waals surface area (Å²) in [7, 11) is 1.53. The molecule has 2 aliphatic heterocycles. The molecule has 0 aliphatic carbocycles. The van der Waals surface area contributed by atoms with Gasteiger partial charge >= 0.3 is 17.9 Å². The monoisotopic (exact) mass is 582 g/mol. The predicted molar refractivity (Wildman–Crippen MR) is 157 cm³/mol. The molecular formula is C32H42N2O8. The number of hydrogen-bond acceptors (Lipinski definition) is 10. The fourth-order valence-corrected chi connectivity index (χ4v) is 5.25. The summed E-state index contributed by atoms with van der Waals surface area (Å²) in [5.74, 6) is 4.96. The molecule has 0 atom stereocenters. The highest BCUT2D eigenvalue weighted by Crippen LogP contribution is 2.45. The summed E-state index contributed by atoms with van der Waals surface area (Å²) >= 11 is 0. The van der Waals surface area contributed by atoms with Crippen LogP contribution in [0, 0.1) is 17.8 Å². The Bertz CT molecular complexity index is 1220. The number of ether oxygens (including phenoxy) is 5. The van der Waals surface area contributed by atoms with Gasteiger partial charge in [-0.05, 0) is 66.6 Å². The number of benzene rings is 1. The first-order valence-corrected chi connectivity index (χ1v) is 14.4. The Morgan fingerprint density at radius 3 is 2.05 bits per heavy atom. The van der Waals surface area contributed by atoms with Crippen molar-refractivity contribution in [2.45, 2.75) is 53.4 Å². The Morgan fingerprint density at radius 1 is 0.905 bits per heavy atom. The second-order valence-corrected chi connectivity index (χ2v) is 9.90. The third-order valence-electron chi connectivity index (χ3n) is 7.22. The van der Waals surface area contributed by atoms with Crippen LogP contribution in [0.15, 0.2) is 40.7 Å². The lowest BCUT2D eigenvalue weighted by molar-refractivity contribution is -0.149. The molecule has 2 heterocycles. The Labute approximate surface area is 248 Å². The molecule has 1 fully saturated rings. The molecule has 1 N–H and O–H groups in total. The molecule has 0 unspecified atom stereocenters. The van der Waals surface area contributed by atoms with Crippen LogP contribution in [0.5, 0.6) is 11.5 Å². The molecule has 2 aliphatic rings. The molecule has 1 aromatic carbocycles. The lowest BCUT2D eigenvalue weighted by atomic mass is 9.80. The van der Waals surface area contributed by atoms with E-state index in [4.69, 9.17) is 23.7 Å². The van der Waals surface area contributed by atoms with Crippen LogP contribution < -0.4 is 14.8 Å². The van der Waals surface area contributed by atoms with Crippen molar-refractivity contribution in [1.29, 1.82) is 0 Å². The van der Waals surface area contributed by atoms with E-state index in [1.807, 2.05) is 6.92 Å². The molecule has 42 heavy (non-hydrogen) atoms. The van der Waals surface area contributed by atoms with Crippen LogP contribution in [0.25, 0.3) is 0 Å². The van der Waals surface area contributed by atoms with Crippen LogP contribution in [0.2, 0.25) is 0 Å². The molecule has 1 saturated heterocycles. The number of hydrogen-bond donors (Lipinski definition) is 1. The van der Waals surface area contributed by atoms with E-state index in [2.05, 4.69) is 22.1 Å². The van der Waals surface area contributed by atoms with E-state index in [9.17, 15) is 14.4 Å². The Kier molecular flexibility index (Phi) is 12.3. The molecule has 0 radical (unpaired) electrons. The average molecular weight is 583 g/mol. The number of carbonyl (C=O) groups is 3. The lowest BCUT2D eigenvalue weighted by Crippen LogP contribution is -2.37. The van der Waals surface area contributed by atoms with Gasteiger partial charge in [0.1, 0.15) is 6.61 Å². The Hall–Kier alpha value is -3.97. The molecular weight excluding hydrogens is 540 g/mol. The average Bonchev–Trinajstić information content (AvgIpc) is 2.97. The standard InChI is InChI=1S/C32H42N2O8/c1-7-39-30(35)23-15-18-34(19-16-23)17-10-11-20-42-29-24(13-12-14-25(29)38-6)28-26(31(36)40-8-2)21(4)33-22(5)27(28)32(37)41-9-3/h12-14,23,28,33H,7-9,15-20H2,1-6H3. The number of rotatable bonds is 11. The van der Waals surface area contributed by atoms with Gasteiger partial charge < -0.3 is 29.0 Å². The molecule has 3 rings (SSSR count). The first-order chi connectivity index (χ1) is 20.3. The van der Waals surface area contributed by atoms with Crippen molar-refractivity contribution in [3.63, 3.8) is 0 Å². The summed E-state index contributed by atoms with van der Waals surface area (Å²) in [6, 6.07) is 5.33. The van der Waals surface area contributed by atoms with Crippen molar-refractivity contribution >= 4 is 17.9 Å².